The number of nitrogens with two attached hydrogens (primary N) is 1. The monoisotopic (exact) mass is 360 g/mol. The van der Waals surface area contributed by atoms with E-state index in [0.717, 1.165) is 17.3 Å². The highest BCUT2D eigenvalue weighted by molar-refractivity contribution is 9.10. The molecule has 1 aromatic rings. The second-order valence-corrected chi connectivity index (χ2v) is 6.33. The third-order valence-electron chi connectivity index (χ3n) is 3.35. The van der Waals surface area contributed by atoms with Crippen LogP contribution in [-0.2, 0) is 0 Å². The van der Waals surface area contributed by atoms with Crippen LogP contribution in [0.5, 0.6) is 0 Å². The van der Waals surface area contributed by atoms with Gasteiger partial charge in [-0.2, -0.15) is 0 Å². The van der Waals surface area contributed by atoms with E-state index in [9.17, 15) is 4.79 Å². The molecular weight excluding hydrogens is 348 g/mol. The maximum atomic E-state index is 12.3. The number of hydrogen-bond donors (Lipinski definition) is 1. The summed E-state index contributed by atoms with van der Waals surface area (Å²) >= 11 is 14.3. The third kappa shape index (κ3) is 3.46. The van der Waals surface area contributed by atoms with E-state index in [2.05, 4.69) is 15.9 Å². The number of halogens is 2. The molecule has 19 heavy (non-hydrogen) atoms. The van der Waals surface area contributed by atoms with Gasteiger partial charge in [-0.1, -0.05) is 23.8 Å². The smallest absolute Gasteiger partial charge is 0.253 e. The van der Waals surface area contributed by atoms with E-state index in [1.165, 1.54) is 0 Å². The zero-order valence-electron chi connectivity index (χ0n) is 10.2. The summed E-state index contributed by atoms with van der Waals surface area (Å²) in [5.74, 6) is 0.287. The van der Waals surface area contributed by atoms with E-state index in [4.69, 9.17) is 29.6 Å². The molecule has 6 heteroatoms. The fourth-order valence-corrected chi connectivity index (χ4v) is 2.91. The summed E-state index contributed by atoms with van der Waals surface area (Å²) in [5.41, 5.74) is 6.29. The van der Waals surface area contributed by atoms with Gasteiger partial charge in [0, 0.05) is 29.0 Å². The summed E-state index contributed by atoms with van der Waals surface area (Å²) in [5, 5.41) is 0.601. The molecule has 0 bridgehead atoms. The molecule has 0 unspecified atom stereocenters. The van der Waals surface area contributed by atoms with Crippen molar-refractivity contribution in [1.29, 1.82) is 0 Å². The summed E-state index contributed by atoms with van der Waals surface area (Å²) < 4.78 is 0.734. The number of hydrogen-bond acceptors (Lipinski definition) is 2. The number of likely N-dealkylation sites (tertiary alicyclic amines) is 1. The minimum atomic E-state index is 0.0266. The molecule has 1 saturated heterocycles. The van der Waals surface area contributed by atoms with Crippen LogP contribution in [0.15, 0.2) is 22.7 Å². The second-order valence-electron chi connectivity index (χ2n) is 4.60. The Morgan fingerprint density at radius 1 is 1.42 bits per heavy atom. The number of piperidine rings is 1. The fourth-order valence-electron chi connectivity index (χ4n) is 2.18. The average Bonchev–Trinajstić information content (AvgIpc) is 2.41. The first-order valence-electron chi connectivity index (χ1n) is 6.02. The van der Waals surface area contributed by atoms with Crippen LogP contribution in [0, 0.1) is 5.92 Å². The van der Waals surface area contributed by atoms with Gasteiger partial charge < -0.3 is 10.6 Å². The maximum Gasteiger partial charge on any atom is 0.253 e. The molecule has 1 heterocycles. The molecule has 0 radical (unpaired) electrons. The number of nitrogens with zero attached hydrogens (tertiary/aromatic N) is 1. The van der Waals surface area contributed by atoms with Crippen molar-refractivity contribution in [2.24, 2.45) is 11.7 Å². The molecule has 1 aliphatic heterocycles. The summed E-state index contributed by atoms with van der Waals surface area (Å²) in [7, 11) is 0. The second kappa shape index (κ2) is 6.20. The molecular formula is C13H14BrClN2OS. The van der Waals surface area contributed by atoms with Gasteiger partial charge in [0.2, 0.25) is 0 Å². The van der Waals surface area contributed by atoms with E-state index >= 15 is 0 Å². The summed E-state index contributed by atoms with van der Waals surface area (Å²) in [6.45, 7) is 1.39. The predicted octanol–water partition coefficient (Wildman–Crippen LogP) is 3.24. The zero-order chi connectivity index (χ0) is 14.0. The molecule has 1 aliphatic rings. The molecule has 2 rings (SSSR count). The SMILES string of the molecule is NC(=S)C1CCN(C(=O)c2ccc(Cl)c(Br)c2)CC1. The molecule has 1 fully saturated rings. The maximum absolute atomic E-state index is 12.3. The Morgan fingerprint density at radius 3 is 2.58 bits per heavy atom. The highest BCUT2D eigenvalue weighted by atomic mass is 79.9. The first-order chi connectivity index (χ1) is 8.99. The van der Waals surface area contributed by atoms with Gasteiger partial charge in [-0.05, 0) is 47.0 Å². The summed E-state index contributed by atoms with van der Waals surface area (Å²) in [6, 6.07) is 5.22. The minimum Gasteiger partial charge on any atom is -0.393 e. The van der Waals surface area contributed by atoms with Crippen LogP contribution in [0.2, 0.25) is 5.02 Å². The Balaban J connectivity index is 2.05. The Bertz CT molecular complexity index is 515. The van der Waals surface area contributed by atoms with Crippen molar-refractivity contribution in [3.05, 3.63) is 33.3 Å². The number of rotatable bonds is 2. The minimum absolute atomic E-state index is 0.0266. The molecule has 1 aromatic carbocycles. The summed E-state index contributed by atoms with van der Waals surface area (Å²) in [4.78, 5) is 14.7. The number of carbonyl (C=O) groups excluding carboxylic acids is 1. The van der Waals surface area contributed by atoms with Gasteiger partial charge in [0.25, 0.3) is 5.91 Å². The Labute approximate surface area is 131 Å². The number of thiocarbonyl (C=S) groups is 1. The van der Waals surface area contributed by atoms with E-state index in [1.807, 2.05) is 4.90 Å². The predicted molar refractivity (Wildman–Crippen MR) is 84.6 cm³/mol. The highest BCUT2D eigenvalue weighted by Gasteiger charge is 2.25. The van der Waals surface area contributed by atoms with Crippen LogP contribution in [0.4, 0.5) is 0 Å². The lowest BCUT2D eigenvalue weighted by Gasteiger charge is -2.31. The van der Waals surface area contributed by atoms with Crippen molar-refractivity contribution < 1.29 is 4.79 Å². The van der Waals surface area contributed by atoms with E-state index < -0.39 is 0 Å². The van der Waals surface area contributed by atoms with Crippen molar-refractivity contribution in [2.75, 3.05) is 13.1 Å². The van der Waals surface area contributed by atoms with Crippen LogP contribution in [0.1, 0.15) is 23.2 Å². The Morgan fingerprint density at radius 2 is 2.05 bits per heavy atom. The van der Waals surface area contributed by atoms with Gasteiger partial charge in [0.15, 0.2) is 0 Å². The molecule has 0 aromatic heterocycles. The van der Waals surface area contributed by atoms with Crippen molar-refractivity contribution in [1.82, 2.24) is 4.90 Å². The van der Waals surface area contributed by atoms with Crippen LogP contribution in [0.3, 0.4) is 0 Å². The lowest BCUT2D eigenvalue weighted by atomic mass is 9.96. The number of benzene rings is 1. The molecule has 0 saturated carbocycles. The number of carbonyl (C=O) groups is 1. The highest BCUT2D eigenvalue weighted by Crippen LogP contribution is 2.25. The molecule has 3 nitrogen and oxygen atoms in total. The lowest BCUT2D eigenvalue weighted by molar-refractivity contribution is 0.0710. The first kappa shape index (κ1) is 14.8. The zero-order valence-corrected chi connectivity index (χ0v) is 13.4. The van der Waals surface area contributed by atoms with Crippen molar-refractivity contribution in [3.8, 4) is 0 Å². The average molecular weight is 362 g/mol. The molecule has 2 N–H and O–H groups in total. The first-order valence-corrected chi connectivity index (χ1v) is 7.60. The van der Waals surface area contributed by atoms with Crippen LogP contribution in [0.25, 0.3) is 0 Å². The van der Waals surface area contributed by atoms with Crippen molar-refractivity contribution >= 4 is 50.6 Å². The Hall–Kier alpha value is -0.650. The van der Waals surface area contributed by atoms with Crippen molar-refractivity contribution in [2.45, 2.75) is 12.8 Å². The number of amides is 1. The van der Waals surface area contributed by atoms with Crippen LogP contribution in [-0.4, -0.2) is 28.9 Å². The molecule has 0 aliphatic carbocycles. The topological polar surface area (TPSA) is 46.3 Å². The van der Waals surface area contributed by atoms with E-state index in [0.29, 0.717) is 28.7 Å². The molecule has 1 amide bonds. The molecule has 0 spiro atoms. The Kier molecular flexibility index (Phi) is 4.81. The molecule has 0 atom stereocenters. The lowest BCUT2D eigenvalue weighted by Crippen LogP contribution is -2.41. The molecule has 102 valence electrons. The quantitative estimate of drug-likeness (QED) is 0.823. The van der Waals surface area contributed by atoms with Crippen LogP contribution < -0.4 is 5.73 Å². The van der Waals surface area contributed by atoms with Crippen molar-refractivity contribution in [3.63, 3.8) is 0 Å². The van der Waals surface area contributed by atoms with Gasteiger partial charge >= 0.3 is 0 Å². The fraction of sp³-hybridized carbons (Fsp3) is 0.385. The van der Waals surface area contributed by atoms with Gasteiger partial charge in [0.05, 0.1) is 10.0 Å². The summed E-state index contributed by atoms with van der Waals surface area (Å²) in [6.07, 6.45) is 1.69. The van der Waals surface area contributed by atoms with Gasteiger partial charge in [-0.25, -0.2) is 0 Å². The van der Waals surface area contributed by atoms with Gasteiger partial charge in [-0.15, -0.1) is 0 Å². The third-order valence-corrected chi connectivity index (χ3v) is 4.90. The van der Waals surface area contributed by atoms with Crippen LogP contribution >= 0.6 is 39.7 Å². The largest absolute Gasteiger partial charge is 0.393 e. The normalized spacial score (nSPS) is 16.4. The van der Waals surface area contributed by atoms with E-state index in [-0.39, 0.29) is 11.8 Å². The standard InChI is InChI=1S/C13H14BrClN2OS/c14-10-7-9(1-2-11(10)15)13(18)17-5-3-8(4-6-17)12(16)19/h1-2,7-8H,3-6H2,(H2,16,19). The van der Waals surface area contributed by atoms with Gasteiger partial charge in [0.1, 0.15) is 0 Å². The van der Waals surface area contributed by atoms with E-state index in [1.54, 1.807) is 18.2 Å². The van der Waals surface area contributed by atoms with Gasteiger partial charge in [-0.3, -0.25) is 4.79 Å².